The summed E-state index contributed by atoms with van der Waals surface area (Å²) in [4.78, 5) is 12.1. The van der Waals surface area contributed by atoms with E-state index in [-0.39, 0.29) is 20.1 Å². The molecule has 0 saturated heterocycles. The number of para-hydroxylation sites is 7. The van der Waals surface area contributed by atoms with Crippen LogP contribution in [0, 0.1) is 20.8 Å². The zero-order chi connectivity index (χ0) is 73.3. The predicted molar refractivity (Wildman–Crippen MR) is 468 cm³/mol. The van der Waals surface area contributed by atoms with E-state index in [2.05, 4.69) is 384 Å². The lowest BCUT2D eigenvalue weighted by Gasteiger charge is -2.43. The molecule has 0 bridgehead atoms. The number of fused-ring (bicyclic) bond motifs is 16. The maximum Gasteiger partial charge on any atom is 0.268 e. The number of anilines is 17. The van der Waals surface area contributed by atoms with Crippen molar-refractivity contribution in [2.75, 3.05) is 29.8 Å². The van der Waals surface area contributed by atoms with E-state index in [0.29, 0.717) is 0 Å². The summed E-state index contributed by atoms with van der Waals surface area (Å²) >= 11 is 3.74. The summed E-state index contributed by atoms with van der Waals surface area (Å²) in [6.07, 6.45) is 0. The molecule has 0 radical (unpaired) electrons. The fourth-order valence-corrected chi connectivity index (χ4v) is 21.3. The molecular weight excluding hydrogens is 1390 g/mol. The molecule has 111 heavy (non-hydrogen) atoms. The van der Waals surface area contributed by atoms with Crippen molar-refractivity contribution in [2.24, 2.45) is 0 Å². The van der Waals surface area contributed by atoms with Crippen molar-refractivity contribution in [2.45, 2.75) is 20.8 Å². The maximum absolute atomic E-state index is 7.89. The second-order valence-electron chi connectivity index (χ2n) is 29.7. The van der Waals surface area contributed by atoms with Gasteiger partial charge in [-0.1, -0.05) is 188 Å². The van der Waals surface area contributed by atoms with Crippen molar-refractivity contribution in [3.8, 4) is 34.5 Å². The van der Waals surface area contributed by atoms with Gasteiger partial charge in [-0.15, -0.1) is 22.7 Å². The summed E-state index contributed by atoms with van der Waals surface area (Å²) in [7, 11) is 0. The molecule has 6 aliphatic heterocycles. The van der Waals surface area contributed by atoms with Gasteiger partial charge in [0, 0.05) is 134 Å². The Labute approximate surface area is 652 Å². The molecule has 0 amide bonds. The molecule has 14 heteroatoms. The number of benzene rings is 15. The molecule has 6 aliphatic rings. The molecule has 8 heterocycles. The highest BCUT2D eigenvalue weighted by molar-refractivity contribution is 7.34. The zero-order valence-corrected chi connectivity index (χ0v) is 62.4. The molecule has 15 aromatic carbocycles. The van der Waals surface area contributed by atoms with Crippen LogP contribution in [0.3, 0.4) is 0 Å². The number of rotatable bonds is 11. The normalized spacial score (nSPS) is 13.2. The van der Waals surface area contributed by atoms with E-state index in [1.54, 1.807) is 0 Å². The lowest BCUT2D eigenvalue weighted by atomic mass is 9.31. The van der Waals surface area contributed by atoms with Gasteiger partial charge in [0.2, 0.25) is 0 Å². The number of ether oxygens (including phenoxy) is 3. The summed E-state index contributed by atoms with van der Waals surface area (Å²) in [6, 6.07) is 121. The van der Waals surface area contributed by atoms with E-state index in [9.17, 15) is 0 Å². The van der Waals surface area contributed by atoms with E-state index in [4.69, 9.17) is 14.2 Å². The summed E-state index contributed by atoms with van der Waals surface area (Å²) in [5.74, 6) is 4.74. The van der Waals surface area contributed by atoms with Crippen molar-refractivity contribution in [3.05, 3.63) is 350 Å². The first-order valence-corrected chi connectivity index (χ1v) is 39.6. The minimum absolute atomic E-state index is 0.195. The summed E-state index contributed by atoms with van der Waals surface area (Å²) in [5, 5.41) is 6.53. The van der Waals surface area contributed by atoms with Gasteiger partial charge in [0.1, 0.15) is 34.5 Å². The monoisotopic (exact) mass is 1460 g/mol. The van der Waals surface area contributed by atoms with E-state index >= 15 is 0 Å². The molecule has 0 unspecified atom stereocenters. The van der Waals surface area contributed by atoms with Crippen LogP contribution in [0.25, 0.3) is 20.2 Å². The molecule has 0 spiro atoms. The third-order valence-corrected chi connectivity index (χ3v) is 25.5. The first-order chi connectivity index (χ1) is 54.8. The largest absolute Gasteiger partial charge is 0.458 e. The van der Waals surface area contributed by atoms with Gasteiger partial charge in [-0.05, 0) is 186 Å². The van der Waals surface area contributed by atoms with Gasteiger partial charge in [-0.3, -0.25) is 0 Å². The predicted octanol–water partition coefficient (Wildman–Crippen LogP) is 20.9. The first-order valence-electron chi connectivity index (χ1n) is 38.0. The lowest BCUT2D eigenvalue weighted by Crippen LogP contribution is -2.64. The number of hydrogen-bond donors (Lipinski definition) is 1. The average Bonchev–Trinajstić information content (AvgIpc) is 1.69. The fourth-order valence-electron chi connectivity index (χ4n) is 18.7. The van der Waals surface area contributed by atoms with Crippen LogP contribution in [0.15, 0.2) is 334 Å². The quantitative estimate of drug-likeness (QED) is 0.128. The average molecular weight is 1460 g/mol. The molecule has 0 atom stereocenters. The van der Waals surface area contributed by atoms with E-state index < -0.39 is 0 Å². The third-order valence-electron chi connectivity index (χ3n) is 23.1. The highest BCUT2D eigenvalue weighted by Gasteiger charge is 2.51. The third kappa shape index (κ3) is 9.83. The van der Waals surface area contributed by atoms with E-state index in [1.165, 1.54) is 52.0 Å². The number of nitrogens with one attached hydrogen (secondary N) is 1. The Kier molecular flexibility index (Phi) is 14.2. The second-order valence-corrected chi connectivity index (χ2v) is 31.9. The van der Waals surface area contributed by atoms with Crippen LogP contribution < -0.4 is 91.8 Å². The van der Waals surface area contributed by atoms with Gasteiger partial charge in [-0.25, -0.2) is 0 Å². The Bertz CT molecular complexity index is 6550. The number of hydrogen-bond acceptors (Lipinski definition) is 11. The Morgan fingerprint density at radius 3 is 1.26 bits per heavy atom. The van der Waals surface area contributed by atoms with Gasteiger partial charge in [0.25, 0.3) is 20.1 Å². The minimum atomic E-state index is -0.375. The van der Waals surface area contributed by atoms with Crippen LogP contribution in [0.5, 0.6) is 34.5 Å². The first kappa shape index (κ1) is 63.7. The number of aryl methyl sites for hydroxylation is 3. The smallest absolute Gasteiger partial charge is 0.268 e. The van der Waals surface area contributed by atoms with Crippen molar-refractivity contribution >= 4 is 207 Å². The second kappa shape index (κ2) is 24.8. The molecule has 0 fully saturated rings. The standard InChI is InChI=1S/C97H65B3N6O3S2/c1-59-47-60(2)93(61(3)48-59)106-80-58-84-77(56-75(80)100-91-82(106)51-70(103(64-33-15-6-16-34-64)65-35-17-7-18-36-65)52-85(91)109-95-73-44-26-28-46-89(73)111-97(95)100)98-76-55-74-78(57-83(76)107-86-53-71(54-87(108-84)92(86)98)104(66-37-19-8-20-38-66)67-39-21-9-22-40-67)101-79-49-69(102(62-29-11-4-12-30-62)63-31-13-5-14-32-63)50-81-90(79)99(74)96-94(72-43-25-27-45-88(72)110-96)105(81)68-41-23-10-24-42-68/h4-58,101H,1-3H3. The Morgan fingerprint density at radius 1 is 0.297 bits per heavy atom. The van der Waals surface area contributed by atoms with Gasteiger partial charge < -0.3 is 44.0 Å². The number of nitrogens with zero attached hydrogens (tertiary/aromatic N) is 5. The lowest BCUT2D eigenvalue weighted by molar-refractivity contribution is 0.465. The molecule has 2 aromatic heterocycles. The molecular formula is C97H65B3N6O3S2. The van der Waals surface area contributed by atoms with Crippen LogP contribution >= 0.6 is 22.7 Å². The van der Waals surface area contributed by atoms with E-state index in [1.807, 2.05) is 22.7 Å². The van der Waals surface area contributed by atoms with Crippen molar-refractivity contribution in [3.63, 3.8) is 0 Å². The topological polar surface area (TPSA) is 55.9 Å². The highest BCUT2D eigenvalue weighted by Crippen LogP contribution is 2.54. The minimum Gasteiger partial charge on any atom is -0.458 e. The van der Waals surface area contributed by atoms with Gasteiger partial charge in [-0.2, -0.15) is 0 Å². The van der Waals surface area contributed by atoms with Crippen LogP contribution in [0.2, 0.25) is 0 Å². The maximum atomic E-state index is 7.89. The Hall–Kier alpha value is -13.4. The molecule has 1 N–H and O–H groups in total. The zero-order valence-electron chi connectivity index (χ0n) is 60.8. The van der Waals surface area contributed by atoms with Gasteiger partial charge in [0.15, 0.2) is 0 Å². The molecule has 17 aromatic rings. The fraction of sp³-hybridized carbons (Fsp3) is 0.0309. The molecule has 9 nitrogen and oxygen atoms in total. The van der Waals surface area contributed by atoms with E-state index in [0.717, 1.165) is 164 Å². The molecule has 522 valence electrons. The van der Waals surface area contributed by atoms with Gasteiger partial charge in [0.05, 0.1) is 28.4 Å². The summed E-state index contributed by atoms with van der Waals surface area (Å²) in [5.41, 5.74) is 29.1. The van der Waals surface area contributed by atoms with Gasteiger partial charge >= 0.3 is 0 Å². The molecule has 0 aliphatic carbocycles. The molecule has 23 rings (SSSR count). The highest BCUT2D eigenvalue weighted by atomic mass is 32.1. The number of thiophene rings is 2. The SMILES string of the molecule is Cc1cc(C)c(N2c3cc4c(cc3B3c5sc6ccccc6c5Oc5cc(N(c6ccccc6)c6ccccc6)cc2c53)B2c3cc5c(cc3Oc3cc(N(c6ccccc6)c6ccccc6)cc(c32)O4)Nc2cc(N(c3ccccc3)c3ccccc3)cc3c2B5c2sc4ccccc4c2N3c2ccccc2)c(C)c1. The van der Waals surface area contributed by atoms with Crippen LogP contribution in [-0.2, 0) is 0 Å². The van der Waals surface area contributed by atoms with Crippen LogP contribution in [0.4, 0.5) is 96.7 Å². The van der Waals surface area contributed by atoms with Crippen LogP contribution in [0.1, 0.15) is 16.7 Å². The van der Waals surface area contributed by atoms with Crippen molar-refractivity contribution in [1.82, 2.24) is 0 Å². The Balaban J connectivity index is 0.793. The van der Waals surface area contributed by atoms with Crippen molar-refractivity contribution in [1.29, 1.82) is 0 Å². The molecule has 0 saturated carbocycles. The van der Waals surface area contributed by atoms with Crippen LogP contribution in [-0.4, -0.2) is 20.1 Å². The Morgan fingerprint density at radius 2 is 0.721 bits per heavy atom. The summed E-state index contributed by atoms with van der Waals surface area (Å²) in [6.45, 7) is 5.92. The van der Waals surface area contributed by atoms with Crippen molar-refractivity contribution < 1.29 is 14.2 Å². The summed E-state index contributed by atoms with van der Waals surface area (Å²) < 4.78 is 28.1.